The molecule has 0 saturated carbocycles. The summed E-state index contributed by atoms with van der Waals surface area (Å²) in [5.41, 5.74) is 0.432. The topological polar surface area (TPSA) is 12.0 Å². The highest BCUT2D eigenvalue weighted by molar-refractivity contribution is 4.76. The van der Waals surface area contributed by atoms with E-state index >= 15 is 0 Å². The quantitative estimate of drug-likeness (QED) is 0.484. The van der Waals surface area contributed by atoms with Gasteiger partial charge in [0.25, 0.3) is 0 Å². The molecule has 0 aliphatic heterocycles. The summed E-state index contributed by atoms with van der Waals surface area (Å²) in [5, 5.41) is 3.56. The summed E-state index contributed by atoms with van der Waals surface area (Å²) in [6.45, 7) is 14.0. The minimum absolute atomic E-state index is 0.432. The second-order valence-corrected chi connectivity index (χ2v) is 5.24. The summed E-state index contributed by atoms with van der Waals surface area (Å²) in [6, 6.07) is 0.681. The minimum Gasteiger partial charge on any atom is -0.314 e. The van der Waals surface area contributed by atoms with E-state index in [1.165, 1.54) is 19.3 Å². The molecule has 0 aliphatic rings. The van der Waals surface area contributed by atoms with Crippen LogP contribution in [-0.4, -0.2) is 12.6 Å². The lowest BCUT2D eigenvalue weighted by molar-refractivity contribution is 0.298. The largest absolute Gasteiger partial charge is 0.314 e. The second kappa shape index (κ2) is 7.05. The maximum absolute atomic E-state index is 3.76. The van der Waals surface area contributed by atoms with Gasteiger partial charge < -0.3 is 5.32 Å². The van der Waals surface area contributed by atoms with Crippen LogP contribution in [0.15, 0.2) is 12.7 Å². The maximum Gasteiger partial charge on any atom is 0.00720 e. The molecule has 0 aliphatic carbocycles. The van der Waals surface area contributed by atoms with Crippen LogP contribution in [0.4, 0.5) is 0 Å². The molecule has 0 radical (unpaired) electrons. The number of nitrogens with one attached hydrogen (secondary N) is 1. The Hall–Kier alpha value is -0.300. The van der Waals surface area contributed by atoms with E-state index in [0.717, 1.165) is 13.0 Å². The second-order valence-electron chi connectivity index (χ2n) is 5.24. The lowest BCUT2D eigenvalue weighted by Gasteiger charge is -2.26. The van der Waals surface area contributed by atoms with Crippen molar-refractivity contribution in [2.45, 2.75) is 59.4 Å². The van der Waals surface area contributed by atoms with Crippen molar-refractivity contribution >= 4 is 0 Å². The Labute approximate surface area is 90.0 Å². The molecule has 0 aromatic rings. The third-order valence-electron chi connectivity index (χ3n) is 2.31. The van der Waals surface area contributed by atoms with E-state index in [1.807, 2.05) is 6.08 Å². The smallest absolute Gasteiger partial charge is 0.00720 e. The zero-order valence-electron chi connectivity index (χ0n) is 10.4. The van der Waals surface area contributed by atoms with E-state index in [9.17, 15) is 0 Å². The molecule has 0 bridgehead atoms. The van der Waals surface area contributed by atoms with Crippen LogP contribution in [0, 0.1) is 5.41 Å². The highest BCUT2D eigenvalue weighted by Gasteiger charge is 2.17. The van der Waals surface area contributed by atoms with Crippen LogP contribution in [0.2, 0.25) is 0 Å². The Balaban J connectivity index is 3.82. The fourth-order valence-electron chi connectivity index (χ4n) is 1.81. The normalized spacial score (nSPS) is 14.0. The molecule has 1 heteroatoms. The van der Waals surface area contributed by atoms with Crippen molar-refractivity contribution < 1.29 is 0 Å². The first-order valence-corrected chi connectivity index (χ1v) is 5.84. The average molecular weight is 197 g/mol. The standard InChI is InChI=1S/C13H27N/c1-6-8-9-10-12(14-7-2)11-13(3,4)5/h6,12,14H,1,7-11H2,2-5H3. The van der Waals surface area contributed by atoms with Gasteiger partial charge in [-0.05, 0) is 37.6 Å². The van der Waals surface area contributed by atoms with E-state index in [4.69, 9.17) is 0 Å². The van der Waals surface area contributed by atoms with E-state index in [0.29, 0.717) is 11.5 Å². The van der Waals surface area contributed by atoms with Crippen molar-refractivity contribution in [3.05, 3.63) is 12.7 Å². The van der Waals surface area contributed by atoms with Gasteiger partial charge in [-0.2, -0.15) is 0 Å². The highest BCUT2D eigenvalue weighted by Crippen LogP contribution is 2.23. The van der Waals surface area contributed by atoms with Crippen molar-refractivity contribution in [3.8, 4) is 0 Å². The van der Waals surface area contributed by atoms with Crippen molar-refractivity contribution in [3.63, 3.8) is 0 Å². The van der Waals surface area contributed by atoms with Crippen molar-refractivity contribution in [1.82, 2.24) is 5.32 Å². The van der Waals surface area contributed by atoms with Gasteiger partial charge in [0.1, 0.15) is 0 Å². The van der Waals surface area contributed by atoms with Gasteiger partial charge in [-0.15, -0.1) is 6.58 Å². The predicted molar refractivity (Wildman–Crippen MR) is 65.6 cm³/mol. The molecule has 0 heterocycles. The zero-order valence-corrected chi connectivity index (χ0v) is 10.4. The van der Waals surface area contributed by atoms with Crippen LogP contribution in [0.5, 0.6) is 0 Å². The molecule has 0 aromatic carbocycles. The van der Waals surface area contributed by atoms with Crippen molar-refractivity contribution in [2.75, 3.05) is 6.54 Å². The van der Waals surface area contributed by atoms with Crippen LogP contribution in [-0.2, 0) is 0 Å². The SMILES string of the molecule is C=CCCCC(CC(C)(C)C)NCC. The maximum atomic E-state index is 3.76. The monoisotopic (exact) mass is 197 g/mol. The van der Waals surface area contributed by atoms with Gasteiger partial charge >= 0.3 is 0 Å². The fraction of sp³-hybridized carbons (Fsp3) is 0.846. The Morgan fingerprint density at radius 3 is 2.43 bits per heavy atom. The number of unbranched alkanes of at least 4 members (excludes halogenated alkanes) is 1. The third-order valence-corrected chi connectivity index (χ3v) is 2.31. The predicted octanol–water partition coefficient (Wildman–Crippen LogP) is 3.76. The van der Waals surface area contributed by atoms with Gasteiger partial charge in [0.2, 0.25) is 0 Å². The first kappa shape index (κ1) is 13.7. The molecule has 1 nitrogen and oxygen atoms in total. The molecule has 1 N–H and O–H groups in total. The Morgan fingerprint density at radius 2 is 2.00 bits per heavy atom. The van der Waals surface area contributed by atoms with Crippen LogP contribution < -0.4 is 5.32 Å². The average Bonchev–Trinajstić information content (AvgIpc) is 2.02. The molecule has 0 aromatic heterocycles. The van der Waals surface area contributed by atoms with Crippen LogP contribution in [0.25, 0.3) is 0 Å². The first-order valence-electron chi connectivity index (χ1n) is 5.84. The molecule has 0 amide bonds. The van der Waals surface area contributed by atoms with Gasteiger partial charge in [0.05, 0.1) is 0 Å². The summed E-state index contributed by atoms with van der Waals surface area (Å²) in [5.74, 6) is 0. The van der Waals surface area contributed by atoms with Gasteiger partial charge in [-0.3, -0.25) is 0 Å². The minimum atomic E-state index is 0.432. The molecular weight excluding hydrogens is 170 g/mol. The van der Waals surface area contributed by atoms with E-state index < -0.39 is 0 Å². The molecule has 84 valence electrons. The molecule has 1 unspecified atom stereocenters. The molecular formula is C13H27N. The number of hydrogen-bond donors (Lipinski definition) is 1. The van der Waals surface area contributed by atoms with Gasteiger partial charge in [0.15, 0.2) is 0 Å². The Kier molecular flexibility index (Phi) is 6.90. The van der Waals surface area contributed by atoms with E-state index in [-0.39, 0.29) is 0 Å². The van der Waals surface area contributed by atoms with Gasteiger partial charge in [-0.25, -0.2) is 0 Å². The molecule has 0 saturated heterocycles. The molecule has 1 atom stereocenters. The Bertz CT molecular complexity index is 144. The summed E-state index contributed by atoms with van der Waals surface area (Å²) in [6.07, 6.45) is 6.96. The van der Waals surface area contributed by atoms with E-state index in [1.54, 1.807) is 0 Å². The summed E-state index contributed by atoms with van der Waals surface area (Å²) >= 11 is 0. The summed E-state index contributed by atoms with van der Waals surface area (Å²) < 4.78 is 0. The Morgan fingerprint density at radius 1 is 1.36 bits per heavy atom. The lowest BCUT2D eigenvalue weighted by atomic mass is 9.86. The van der Waals surface area contributed by atoms with E-state index in [2.05, 4.69) is 39.6 Å². The fourth-order valence-corrected chi connectivity index (χ4v) is 1.81. The molecule has 0 rings (SSSR count). The molecule has 0 spiro atoms. The van der Waals surface area contributed by atoms with Crippen LogP contribution in [0.3, 0.4) is 0 Å². The lowest BCUT2D eigenvalue weighted by Crippen LogP contribution is -2.32. The molecule has 0 fully saturated rings. The van der Waals surface area contributed by atoms with Crippen LogP contribution in [0.1, 0.15) is 53.4 Å². The van der Waals surface area contributed by atoms with Gasteiger partial charge in [-0.1, -0.05) is 33.8 Å². The number of hydrogen-bond acceptors (Lipinski definition) is 1. The third kappa shape index (κ3) is 8.31. The van der Waals surface area contributed by atoms with Gasteiger partial charge in [0, 0.05) is 6.04 Å². The number of rotatable bonds is 7. The van der Waals surface area contributed by atoms with Crippen molar-refractivity contribution in [2.24, 2.45) is 5.41 Å². The summed E-state index contributed by atoms with van der Waals surface area (Å²) in [7, 11) is 0. The van der Waals surface area contributed by atoms with Crippen LogP contribution >= 0.6 is 0 Å². The first-order chi connectivity index (χ1) is 6.49. The zero-order chi connectivity index (χ0) is 11.0. The van der Waals surface area contributed by atoms with Crippen molar-refractivity contribution in [1.29, 1.82) is 0 Å². The highest BCUT2D eigenvalue weighted by atomic mass is 14.9. The molecule has 14 heavy (non-hydrogen) atoms. The number of allylic oxidation sites excluding steroid dienone is 1. The summed E-state index contributed by atoms with van der Waals surface area (Å²) in [4.78, 5) is 0.